The van der Waals surface area contributed by atoms with Crippen LogP contribution in [0.25, 0.3) is 0 Å². The minimum Gasteiger partial charge on any atom is -0.481 e. The number of carbonyl (C=O) groups is 1. The van der Waals surface area contributed by atoms with E-state index in [4.69, 9.17) is 5.11 Å². The second-order valence-electron chi connectivity index (χ2n) is 4.15. The minimum absolute atomic E-state index is 0.0286. The molecule has 0 saturated carbocycles. The van der Waals surface area contributed by atoms with Crippen molar-refractivity contribution in [2.24, 2.45) is 0 Å². The molecule has 0 aliphatic carbocycles. The van der Waals surface area contributed by atoms with Crippen LogP contribution < -0.4 is 9.44 Å². The summed E-state index contributed by atoms with van der Waals surface area (Å²) in [6, 6.07) is 5.32. The molecule has 1 aromatic carbocycles. The molecule has 0 amide bonds. The Kier molecular flexibility index (Phi) is 5.70. The largest absolute Gasteiger partial charge is 0.481 e. The molecule has 1 aromatic rings. The number of hydrogen-bond donors (Lipinski definition) is 3. The number of benzene rings is 1. The molecule has 0 bridgehead atoms. The molecule has 0 saturated heterocycles. The van der Waals surface area contributed by atoms with Gasteiger partial charge in [0.15, 0.2) is 0 Å². The van der Waals surface area contributed by atoms with Crippen molar-refractivity contribution in [3.63, 3.8) is 0 Å². The summed E-state index contributed by atoms with van der Waals surface area (Å²) in [5.41, 5.74) is 0.0988. The lowest BCUT2D eigenvalue weighted by Crippen LogP contribution is -2.20. The van der Waals surface area contributed by atoms with E-state index >= 15 is 0 Å². The van der Waals surface area contributed by atoms with E-state index < -0.39 is 26.0 Å². The number of sulfonamides is 2. The van der Waals surface area contributed by atoms with Gasteiger partial charge in [-0.15, -0.1) is 0 Å². The van der Waals surface area contributed by atoms with Crippen LogP contribution in [0.3, 0.4) is 0 Å². The number of carboxylic acid groups (broad SMARTS) is 1. The van der Waals surface area contributed by atoms with Crippen LogP contribution >= 0.6 is 0 Å². The molecule has 0 heterocycles. The van der Waals surface area contributed by atoms with Crippen LogP contribution in [0.4, 0.5) is 5.69 Å². The fourth-order valence-corrected chi connectivity index (χ4v) is 3.38. The second kappa shape index (κ2) is 6.87. The molecular weight excluding hydrogens is 320 g/mol. The standard InChI is InChI=1S/C11H16N2O6S2/c1-12-21(18,19)10-5-2-4-9(8-10)13-20(16,17)7-3-6-11(14)15/h2,4-5,8,12-13H,3,6-7H2,1H3,(H,14,15). The maximum absolute atomic E-state index is 11.7. The first-order valence-corrected chi connectivity index (χ1v) is 9.06. The number of nitrogens with one attached hydrogen (secondary N) is 2. The van der Waals surface area contributed by atoms with Gasteiger partial charge in [0.05, 0.1) is 10.6 Å². The Morgan fingerprint density at radius 2 is 1.90 bits per heavy atom. The van der Waals surface area contributed by atoms with E-state index in [2.05, 4.69) is 9.44 Å². The summed E-state index contributed by atoms with van der Waals surface area (Å²) in [4.78, 5) is 10.3. The van der Waals surface area contributed by atoms with Crippen LogP contribution in [0.15, 0.2) is 29.2 Å². The van der Waals surface area contributed by atoms with E-state index in [0.29, 0.717) is 0 Å². The number of anilines is 1. The van der Waals surface area contributed by atoms with Crippen molar-refractivity contribution >= 4 is 31.7 Å². The molecule has 0 radical (unpaired) electrons. The number of rotatable bonds is 8. The number of carboxylic acids is 1. The maximum atomic E-state index is 11.7. The molecule has 0 aromatic heterocycles. The van der Waals surface area contributed by atoms with Crippen LogP contribution in [0, 0.1) is 0 Å². The first-order valence-electron chi connectivity index (χ1n) is 5.92. The molecular formula is C11H16N2O6S2. The Hall–Kier alpha value is -1.65. The summed E-state index contributed by atoms with van der Waals surface area (Å²) < 4.78 is 51.0. The molecule has 0 aliphatic heterocycles. The van der Waals surface area contributed by atoms with Crippen molar-refractivity contribution in [3.8, 4) is 0 Å². The van der Waals surface area contributed by atoms with E-state index in [0.717, 1.165) is 0 Å². The van der Waals surface area contributed by atoms with Crippen molar-refractivity contribution < 1.29 is 26.7 Å². The van der Waals surface area contributed by atoms with E-state index in [1.54, 1.807) is 0 Å². The summed E-state index contributed by atoms with van der Waals surface area (Å²) in [6.07, 6.45) is -0.283. The van der Waals surface area contributed by atoms with Gasteiger partial charge in [-0.05, 0) is 31.7 Å². The normalized spacial score (nSPS) is 12.0. The van der Waals surface area contributed by atoms with Gasteiger partial charge in [-0.3, -0.25) is 9.52 Å². The molecule has 118 valence electrons. The zero-order chi connectivity index (χ0) is 16.1. The third-order valence-corrected chi connectivity index (χ3v) is 5.27. The molecule has 1 rings (SSSR count). The highest BCUT2D eigenvalue weighted by molar-refractivity contribution is 7.92. The van der Waals surface area contributed by atoms with Gasteiger partial charge in [0.25, 0.3) is 0 Å². The van der Waals surface area contributed by atoms with Crippen LogP contribution in [0.5, 0.6) is 0 Å². The lowest BCUT2D eigenvalue weighted by atomic mass is 10.3. The van der Waals surface area contributed by atoms with Crippen LogP contribution in [-0.4, -0.2) is 40.7 Å². The molecule has 0 atom stereocenters. The molecule has 3 N–H and O–H groups in total. The minimum atomic E-state index is -3.73. The van der Waals surface area contributed by atoms with Gasteiger partial charge in [0.2, 0.25) is 20.0 Å². The van der Waals surface area contributed by atoms with Gasteiger partial charge in [0, 0.05) is 12.1 Å². The number of hydrogen-bond acceptors (Lipinski definition) is 5. The topological polar surface area (TPSA) is 130 Å². The summed E-state index contributed by atoms with van der Waals surface area (Å²) in [5.74, 6) is -1.44. The van der Waals surface area contributed by atoms with Crippen LogP contribution in [0.2, 0.25) is 0 Å². The Morgan fingerprint density at radius 3 is 2.48 bits per heavy atom. The molecule has 0 unspecified atom stereocenters. The monoisotopic (exact) mass is 336 g/mol. The van der Waals surface area contributed by atoms with Crippen molar-refractivity contribution in [3.05, 3.63) is 24.3 Å². The molecule has 0 aliphatic rings. The van der Waals surface area contributed by atoms with Crippen LogP contribution in [-0.2, 0) is 24.8 Å². The summed E-state index contributed by atoms with van der Waals surface area (Å²) in [6.45, 7) is 0. The van der Waals surface area contributed by atoms with Gasteiger partial charge in [-0.25, -0.2) is 21.6 Å². The highest BCUT2D eigenvalue weighted by atomic mass is 32.2. The molecule has 21 heavy (non-hydrogen) atoms. The Bertz CT molecular complexity index is 712. The first kappa shape index (κ1) is 17.4. The average Bonchev–Trinajstić information content (AvgIpc) is 2.37. The van der Waals surface area contributed by atoms with E-state index in [1.807, 2.05) is 0 Å². The van der Waals surface area contributed by atoms with Crippen molar-refractivity contribution in [1.82, 2.24) is 4.72 Å². The van der Waals surface area contributed by atoms with Gasteiger partial charge in [-0.1, -0.05) is 6.07 Å². The van der Waals surface area contributed by atoms with Gasteiger partial charge in [-0.2, -0.15) is 0 Å². The van der Waals surface area contributed by atoms with Gasteiger partial charge < -0.3 is 5.11 Å². The first-order chi connectivity index (χ1) is 9.66. The lowest BCUT2D eigenvalue weighted by molar-refractivity contribution is -0.137. The highest BCUT2D eigenvalue weighted by Crippen LogP contribution is 2.16. The van der Waals surface area contributed by atoms with E-state index in [-0.39, 0.29) is 29.2 Å². The molecule has 8 nitrogen and oxygen atoms in total. The fraction of sp³-hybridized carbons (Fsp3) is 0.364. The van der Waals surface area contributed by atoms with Gasteiger partial charge >= 0.3 is 5.97 Å². The maximum Gasteiger partial charge on any atom is 0.303 e. The Labute approximate surface area is 123 Å². The molecule has 0 spiro atoms. The quantitative estimate of drug-likeness (QED) is 0.622. The Balaban J connectivity index is 2.84. The van der Waals surface area contributed by atoms with Crippen molar-refractivity contribution in [2.75, 3.05) is 17.5 Å². The van der Waals surface area contributed by atoms with E-state index in [9.17, 15) is 21.6 Å². The lowest BCUT2D eigenvalue weighted by Gasteiger charge is -2.09. The zero-order valence-electron chi connectivity index (χ0n) is 11.2. The highest BCUT2D eigenvalue weighted by Gasteiger charge is 2.15. The fourth-order valence-electron chi connectivity index (χ4n) is 1.49. The van der Waals surface area contributed by atoms with E-state index in [1.165, 1.54) is 31.3 Å². The predicted octanol–water partition coefficient (Wildman–Crippen LogP) is 0.201. The Morgan fingerprint density at radius 1 is 1.24 bits per heavy atom. The summed E-state index contributed by atoms with van der Waals surface area (Å²) >= 11 is 0. The molecule has 0 fully saturated rings. The average molecular weight is 336 g/mol. The second-order valence-corrected chi connectivity index (χ2v) is 7.88. The third-order valence-electron chi connectivity index (χ3n) is 2.49. The smallest absolute Gasteiger partial charge is 0.303 e. The summed E-state index contributed by atoms with van der Waals surface area (Å²) in [5, 5.41) is 8.46. The summed E-state index contributed by atoms with van der Waals surface area (Å²) in [7, 11) is -6.15. The van der Waals surface area contributed by atoms with Crippen LogP contribution in [0.1, 0.15) is 12.8 Å². The van der Waals surface area contributed by atoms with Gasteiger partial charge in [0.1, 0.15) is 0 Å². The zero-order valence-corrected chi connectivity index (χ0v) is 12.9. The predicted molar refractivity (Wildman–Crippen MR) is 77.0 cm³/mol. The SMILES string of the molecule is CNS(=O)(=O)c1cccc(NS(=O)(=O)CCCC(=O)O)c1. The molecule has 10 heteroatoms. The third kappa shape index (κ3) is 5.69. The number of aliphatic carboxylic acids is 1. The van der Waals surface area contributed by atoms with Crippen molar-refractivity contribution in [2.45, 2.75) is 17.7 Å². The van der Waals surface area contributed by atoms with Crippen molar-refractivity contribution in [1.29, 1.82) is 0 Å².